The Morgan fingerprint density at radius 2 is 2.00 bits per heavy atom. The molecule has 0 saturated heterocycles. The van der Waals surface area contributed by atoms with Crippen molar-refractivity contribution in [3.05, 3.63) is 23.8 Å². The van der Waals surface area contributed by atoms with Gasteiger partial charge < -0.3 is 15.4 Å². The third-order valence-electron chi connectivity index (χ3n) is 2.88. The molecule has 0 unspecified atom stereocenters. The van der Waals surface area contributed by atoms with E-state index in [1.165, 1.54) is 0 Å². The first-order chi connectivity index (χ1) is 9.81. The van der Waals surface area contributed by atoms with Gasteiger partial charge in [0, 0.05) is 18.5 Å². The summed E-state index contributed by atoms with van der Waals surface area (Å²) in [5.41, 5.74) is 1.89. The van der Waals surface area contributed by atoms with E-state index in [1.807, 2.05) is 25.1 Å². The Bertz CT molecular complexity index is 464. The average Bonchev–Trinajstić information content (AvgIpc) is 2.37. The van der Waals surface area contributed by atoms with Crippen molar-refractivity contribution in [1.82, 2.24) is 5.32 Å². The maximum Gasteiger partial charge on any atom is 0.225 e. The summed E-state index contributed by atoms with van der Waals surface area (Å²) in [6.45, 7) is 11.6. The Hall–Kier alpha value is -1.55. The van der Waals surface area contributed by atoms with Gasteiger partial charge in [-0.25, -0.2) is 0 Å². The van der Waals surface area contributed by atoms with Gasteiger partial charge >= 0.3 is 0 Å². The van der Waals surface area contributed by atoms with Crippen molar-refractivity contribution in [2.75, 3.05) is 18.5 Å². The molecule has 1 rings (SSSR count). The van der Waals surface area contributed by atoms with Crippen LogP contribution >= 0.6 is 0 Å². The molecule has 0 aliphatic heterocycles. The summed E-state index contributed by atoms with van der Waals surface area (Å²) in [5, 5.41) is 6.23. The number of hydrogen-bond donors (Lipinski definition) is 2. The van der Waals surface area contributed by atoms with Crippen LogP contribution in [0, 0.1) is 6.92 Å². The SMILES string of the molecule is CCCOc1cc(C)ccc1NC(=O)CCNC(C)(C)C. The highest BCUT2D eigenvalue weighted by molar-refractivity contribution is 5.92. The number of amides is 1. The van der Waals surface area contributed by atoms with Crippen molar-refractivity contribution >= 4 is 11.6 Å². The Balaban J connectivity index is 2.58. The highest BCUT2D eigenvalue weighted by Crippen LogP contribution is 2.26. The molecule has 4 nitrogen and oxygen atoms in total. The number of carbonyl (C=O) groups excluding carboxylic acids is 1. The molecule has 0 radical (unpaired) electrons. The zero-order chi connectivity index (χ0) is 15.9. The first kappa shape index (κ1) is 17.5. The van der Waals surface area contributed by atoms with Crippen molar-refractivity contribution in [2.24, 2.45) is 0 Å². The lowest BCUT2D eigenvalue weighted by Crippen LogP contribution is -2.37. The summed E-state index contributed by atoms with van der Waals surface area (Å²) in [5.74, 6) is 0.742. The summed E-state index contributed by atoms with van der Waals surface area (Å²) in [4.78, 5) is 12.0. The number of ether oxygens (including phenoxy) is 1. The minimum Gasteiger partial charge on any atom is -0.491 e. The van der Waals surface area contributed by atoms with Gasteiger partial charge in [-0.05, 0) is 51.8 Å². The Morgan fingerprint density at radius 3 is 2.62 bits per heavy atom. The molecule has 0 atom stereocenters. The molecule has 1 aromatic carbocycles. The van der Waals surface area contributed by atoms with E-state index >= 15 is 0 Å². The van der Waals surface area contributed by atoms with Crippen LogP contribution in [0.15, 0.2) is 18.2 Å². The van der Waals surface area contributed by atoms with E-state index in [0.717, 1.165) is 23.4 Å². The molecule has 0 bridgehead atoms. The van der Waals surface area contributed by atoms with Crippen LogP contribution in [-0.4, -0.2) is 24.6 Å². The molecular weight excluding hydrogens is 264 g/mol. The second-order valence-electron chi connectivity index (χ2n) is 6.32. The van der Waals surface area contributed by atoms with Gasteiger partial charge in [0.2, 0.25) is 5.91 Å². The summed E-state index contributed by atoms with van der Waals surface area (Å²) in [6.07, 6.45) is 1.38. The van der Waals surface area contributed by atoms with Gasteiger partial charge in [0.15, 0.2) is 0 Å². The summed E-state index contributed by atoms with van der Waals surface area (Å²) >= 11 is 0. The quantitative estimate of drug-likeness (QED) is 0.808. The molecule has 0 saturated carbocycles. The van der Waals surface area contributed by atoms with Crippen molar-refractivity contribution in [3.63, 3.8) is 0 Å². The van der Waals surface area contributed by atoms with Crippen LogP contribution in [-0.2, 0) is 4.79 Å². The van der Waals surface area contributed by atoms with Crippen molar-refractivity contribution in [2.45, 2.75) is 53.0 Å². The van der Waals surface area contributed by atoms with Crippen LogP contribution in [0.3, 0.4) is 0 Å². The normalized spacial score (nSPS) is 11.3. The van der Waals surface area contributed by atoms with Crippen molar-refractivity contribution in [1.29, 1.82) is 0 Å². The lowest BCUT2D eigenvalue weighted by molar-refractivity contribution is -0.116. The number of carbonyl (C=O) groups is 1. The van der Waals surface area contributed by atoms with Crippen LogP contribution in [0.2, 0.25) is 0 Å². The van der Waals surface area contributed by atoms with Gasteiger partial charge in [-0.3, -0.25) is 4.79 Å². The van der Waals surface area contributed by atoms with E-state index in [9.17, 15) is 4.79 Å². The van der Waals surface area contributed by atoms with E-state index in [4.69, 9.17) is 4.74 Å². The van der Waals surface area contributed by atoms with Gasteiger partial charge in [-0.1, -0.05) is 13.0 Å². The maximum absolute atomic E-state index is 12.0. The first-order valence-corrected chi connectivity index (χ1v) is 7.60. The number of benzene rings is 1. The number of rotatable bonds is 7. The molecule has 1 amide bonds. The molecule has 21 heavy (non-hydrogen) atoms. The summed E-state index contributed by atoms with van der Waals surface area (Å²) < 4.78 is 5.70. The van der Waals surface area contributed by atoms with Crippen molar-refractivity contribution < 1.29 is 9.53 Å². The fourth-order valence-electron chi connectivity index (χ4n) is 1.83. The molecule has 0 aromatic heterocycles. The van der Waals surface area contributed by atoms with Gasteiger partial charge in [-0.2, -0.15) is 0 Å². The Morgan fingerprint density at radius 1 is 1.29 bits per heavy atom. The monoisotopic (exact) mass is 292 g/mol. The molecule has 0 spiro atoms. The molecule has 0 heterocycles. The number of aryl methyl sites for hydroxylation is 1. The number of hydrogen-bond acceptors (Lipinski definition) is 3. The van der Waals surface area contributed by atoms with Gasteiger partial charge in [0.1, 0.15) is 5.75 Å². The summed E-state index contributed by atoms with van der Waals surface area (Å²) in [6, 6.07) is 5.83. The maximum atomic E-state index is 12.0. The molecular formula is C17H28N2O2. The average molecular weight is 292 g/mol. The molecule has 0 aliphatic carbocycles. The molecule has 0 fully saturated rings. The molecule has 2 N–H and O–H groups in total. The third-order valence-corrected chi connectivity index (χ3v) is 2.88. The second-order valence-corrected chi connectivity index (χ2v) is 6.32. The number of anilines is 1. The Kier molecular flexibility index (Phi) is 6.69. The van der Waals surface area contributed by atoms with Gasteiger partial charge in [0.25, 0.3) is 0 Å². The Labute approximate surface area is 128 Å². The van der Waals surface area contributed by atoms with Crippen LogP contribution in [0.5, 0.6) is 5.75 Å². The lowest BCUT2D eigenvalue weighted by Gasteiger charge is -2.20. The zero-order valence-electron chi connectivity index (χ0n) is 13.9. The predicted molar refractivity (Wildman–Crippen MR) is 88.0 cm³/mol. The van der Waals surface area contributed by atoms with E-state index in [2.05, 4.69) is 38.3 Å². The minimum absolute atomic E-state index is 0.00282. The molecule has 118 valence electrons. The largest absolute Gasteiger partial charge is 0.491 e. The highest BCUT2D eigenvalue weighted by atomic mass is 16.5. The van der Waals surface area contributed by atoms with E-state index in [-0.39, 0.29) is 11.4 Å². The molecule has 4 heteroatoms. The van der Waals surface area contributed by atoms with Crippen LogP contribution in [0.4, 0.5) is 5.69 Å². The topological polar surface area (TPSA) is 50.4 Å². The van der Waals surface area contributed by atoms with Crippen LogP contribution in [0.25, 0.3) is 0 Å². The highest BCUT2D eigenvalue weighted by Gasteiger charge is 2.11. The van der Waals surface area contributed by atoms with Crippen molar-refractivity contribution in [3.8, 4) is 5.75 Å². The number of nitrogens with one attached hydrogen (secondary N) is 2. The zero-order valence-corrected chi connectivity index (χ0v) is 13.9. The van der Waals surface area contributed by atoms with Crippen LogP contribution in [0.1, 0.15) is 46.1 Å². The lowest BCUT2D eigenvalue weighted by atomic mass is 10.1. The van der Waals surface area contributed by atoms with E-state index < -0.39 is 0 Å². The fraction of sp³-hybridized carbons (Fsp3) is 0.588. The standard InChI is InChI=1S/C17H28N2O2/c1-6-11-21-15-12-13(2)7-8-14(15)19-16(20)9-10-18-17(3,4)5/h7-8,12,18H,6,9-11H2,1-5H3,(H,19,20). The fourth-order valence-corrected chi connectivity index (χ4v) is 1.83. The second kappa shape index (κ2) is 8.03. The minimum atomic E-state index is -0.00282. The predicted octanol–water partition coefficient (Wildman–Crippen LogP) is 3.50. The van der Waals surface area contributed by atoms with Gasteiger partial charge in [-0.15, -0.1) is 0 Å². The summed E-state index contributed by atoms with van der Waals surface area (Å²) in [7, 11) is 0. The molecule has 1 aromatic rings. The first-order valence-electron chi connectivity index (χ1n) is 7.60. The third kappa shape index (κ3) is 7.14. The van der Waals surface area contributed by atoms with E-state index in [0.29, 0.717) is 19.6 Å². The van der Waals surface area contributed by atoms with Crippen LogP contribution < -0.4 is 15.4 Å². The molecule has 0 aliphatic rings. The smallest absolute Gasteiger partial charge is 0.225 e. The van der Waals surface area contributed by atoms with Gasteiger partial charge in [0.05, 0.1) is 12.3 Å². The van der Waals surface area contributed by atoms with E-state index in [1.54, 1.807) is 0 Å².